The van der Waals surface area contributed by atoms with Crippen molar-refractivity contribution in [3.63, 3.8) is 0 Å². The van der Waals surface area contributed by atoms with Crippen LogP contribution in [-0.2, 0) is 0 Å². The van der Waals surface area contributed by atoms with E-state index in [0.717, 1.165) is 31.6 Å². The molecule has 0 aromatic rings. The van der Waals surface area contributed by atoms with Crippen LogP contribution in [0, 0.1) is 46.3 Å². The second-order valence-electron chi connectivity index (χ2n) is 12.9. The molecule has 3 nitrogen and oxygen atoms in total. The second-order valence-corrected chi connectivity index (χ2v) is 12.9. The van der Waals surface area contributed by atoms with Crippen molar-refractivity contribution < 1.29 is 15.3 Å². The van der Waals surface area contributed by atoms with E-state index >= 15 is 0 Å². The zero-order valence-corrected chi connectivity index (χ0v) is 20.7. The van der Waals surface area contributed by atoms with Crippen LogP contribution in [0.4, 0.5) is 0 Å². The number of hydrogen-bond acceptors (Lipinski definition) is 3. The van der Waals surface area contributed by atoms with Crippen LogP contribution in [0.15, 0.2) is 12.2 Å². The van der Waals surface area contributed by atoms with Gasteiger partial charge in [-0.2, -0.15) is 0 Å². The normalized spacial score (nSPS) is 50.5. The van der Waals surface area contributed by atoms with E-state index in [2.05, 4.69) is 41.2 Å². The minimum atomic E-state index is -1.12. The molecule has 0 aromatic carbocycles. The third-order valence-electron chi connectivity index (χ3n) is 11.3. The standard InChI is InChI=1S/C28H48O3/c1-17(2)18(3)7-8-19(4)22-9-10-23-21-15-25(30)28(31)16-20(29)11-14-27(28,6)24(21)12-13-26(22,23)5/h17,19-25,29-31H,3,7-16H2,1-2,4-6H3/t19-,20+,21+,22-,23-,24-,25-,26-,27-,28+/m1/s1. The maximum absolute atomic E-state index is 11.6. The molecule has 4 saturated carbocycles. The Kier molecular flexibility index (Phi) is 6.24. The molecule has 0 aliphatic heterocycles. The molecule has 0 radical (unpaired) electrons. The summed E-state index contributed by atoms with van der Waals surface area (Å²) in [7, 11) is 0. The highest BCUT2D eigenvalue weighted by Crippen LogP contribution is 2.69. The predicted molar refractivity (Wildman–Crippen MR) is 126 cm³/mol. The maximum atomic E-state index is 11.6. The summed E-state index contributed by atoms with van der Waals surface area (Å²) < 4.78 is 0. The Balaban J connectivity index is 1.53. The summed E-state index contributed by atoms with van der Waals surface area (Å²) in [6, 6.07) is 0. The largest absolute Gasteiger partial charge is 0.393 e. The fourth-order valence-corrected chi connectivity index (χ4v) is 9.14. The van der Waals surface area contributed by atoms with Crippen LogP contribution >= 0.6 is 0 Å². The lowest BCUT2D eigenvalue weighted by Gasteiger charge is -2.65. The number of aliphatic hydroxyl groups is 3. The van der Waals surface area contributed by atoms with Crippen LogP contribution < -0.4 is 0 Å². The van der Waals surface area contributed by atoms with Crippen molar-refractivity contribution in [1.82, 2.24) is 0 Å². The Hall–Kier alpha value is -0.380. The molecule has 0 heterocycles. The summed E-state index contributed by atoms with van der Waals surface area (Å²) in [5, 5.41) is 33.1. The quantitative estimate of drug-likeness (QED) is 0.487. The lowest BCUT2D eigenvalue weighted by molar-refractivity contribution is -0.264. The zero-order chi connectivity index (χ0) is 22.8. The summed E-state index contributed by atoms with van der Waals surface area (Å²) in [4.78, 5) is 0. The molecule has 0 saturated heterocycles. The first-order chi connectivity index (χ1) is 14.4. The summed E-state index contributed by atoms with van der Waals surface area (Å²) in [6.45, 7) is 16.1. The van der Waals surface area contributed by atoms with Crippen LogP contribution in [0.5, 0.6) is 0 Å². The Labute approximate surface area is 190 Å². The zero-order valence-electron chi connectivity index (χ0n) is 20.7. The molecule has 0 amide bonds. The van der Waals surface area contributed by atoms with Crippen molar-refractivity contribution in [3.8, 4) is 0 Å². The van der Waals surface area contributed by atoms with Gasteiger partial charge < -0.3 is 15.3 Å². The van der Waals surface area contributed by atoms with E-state index in [1.54, 1.807) is 0 Å². The lowest BCUT2D eigenvalue weighted by Crippen LogP contribution is -2.68. The smallest absolute Gasteiger partial charge is 0.0985 e. The van der Waals surface area contributed by atoms with Crippen LogP contribution in [-0.4, -0.2) is 33.1 Å². The first-order valence-corrected chi connectivity index (χ1v) is 13.2. The number of aliphatic hydroxyl groups excluding tert-OH is 2. The van der Waals surface area contributed by atoms with Gasteiger partial charge in [-0.05, 0) is 98.7 Å². The minimum Gasteiger partial charge on any atom is -0.393 e. The fraction of sp³-hybridized carbons (Fsp3) is 0.929. The third kappa shape index (κ3) is 3.56. The Morgan fingerprint density at radius 3 is 2.39 bits per heavy atom. The van der Waals surface area contributed by atoms with Crippen molar-refractivity contribution in [2.75, 3.05) is 0 Å². The highest BCUT2D eigenvalue weighted by atomic mass is 16.3. The summed E-state index contributed by atoms with van der Waals surface area (Å²) in [5.74, 6) is 3.70. The molecule has 178 valence electrons. The number of rotatable bonds is 5. The van der Waals surface area contributed by atoms with E-state index in [1.807, 2.05) is 0 Å². The van der Waals surface area contributed by atoms with Gasteiger partial charge >= 0.3 is 0 Å². The van der Waals surface area contributed by atoms with Crippen molar-refractivity contribution in [2.24, 2.45) is 46.3 Å². The van der Waals surface area contributed by atoms with Gasteiger partial charge in [-0.15, -0.1) is 0 Å². The van der Waals surface area contributed by atoms with Crippen LogP contribution in [0.2, 0.25) is 0 Å². The molecule has 0 bridgehead atoms. The molecule has 3 heteroatoms. The van der Waals surface area contributed by atoms with Crippen LogP contribution in [0.1, 0.15) is 98.8 Å². The van der Waals surface area contributed by atoms with E-state index in [4.69, 9.17) is 0 Å². The molecule has 4 rings (SSSR count). The van der Waals surface area contributed by atoms with Gasteiger partial charge in [0.1, 0.15) is 0 Å². The molecule has 31 heavy (non-hydrogen) atoms. The van der Waals surface area contributed by atoms with Gasteiger partial charge in [-0.1, -0.05) is 46.8 Å². The topological polar surface area (TPSA) is 60.7 Å². The van der Waals surface area contributed by atoms with Gasteiger partial charge in [0.25, 0.3) is 0 Å². The molecular formula is C28H48O3. The molecular weight excluding hydrogens is 384 g/mol. The van der Waals surface area contributed by atoms with Gasteiger partial charge in [0, 0.05) is 11.8 Å². The molecule has 3 N–H and O–H groups in total. The molecule has 4 fully saturated rings. The first kappa shape index (κ1) is 23.8. The van der Waals surface area contributed by atoms with Gasteiger partial charge in [0.05, 0.1) is 17.8 Å². The van der Waals surface area contributed by atoms with Crippen molar-refractivity contribution in [1.29, 1.82) is 0 Å². The molecule has 4 aliphatic carbocycles. The van der Waals surface area contributed by atoms with E-state index in [9.17, 15) is 15.3 Å². The van der Waals surface area contributed by atoms with Gasteiger partial charge in [-0.25, -0.2) is 0 Å². The Bertz CT molecular complexity index is 688. The van der Waals surface area contributed by atoms with Crippen LogP contribution in [0.3, 0.4) is 0 Å². The summed E-state index contributed by atoms with van der Waals surface area (Å²) in [5.41, 5.74) is 0.355. The Morgan fingerprint density at radius 2 is 1.71 bits per heavy atom. The third-order valence-corrected chi connectivity index (χ3v) is 11.3. The molecule has 0 aromatic heterocycles. The maximum Gasteiger partial charge on any atom is 0.0985 e. The van der Waals surface area contributed by atoms with E-state index in [1.165, 1.54) is 37.7 Å². The Morgan fingerprint density at radius 1 is 1.00 bits per heavy atom. The minimum absolute atomic E-state index is 0.269. The number of hydrogen-bond donors (Lipinski definition) is 3. The van der Waals surface area contributed by atoms with Gasteiger partial charge in [0.15, 0.2) is 0 Å². The highest BCUT2D eigenvalue weighted by molar-refractivity contribution is 5.17. The number of fused-ring (bicyclic) bond motifs is 5. The van der Waals surface area contributed by atoms with E-state index in [-0.39, 0.29) is 5.41 Å². The molecule has 4 aliphatic rings. The van der Waals surface area contributed by atoms with Gasteiger partial charge in [-0.3, -0.25) is 0 Å². The molecule has 0 spiro atoms. The summed E-state index contributed by atoms with van der Waals surface area (Å²) >= 11 is 0. The average Bonchev–Trinajstić information content (AvgIpc) is 3.05. The van der Waals surface area contributed by atoms with E-state index in [0.29, 0.717) is 41.4 Å². The molecule has 10 atom stereocenters. The van der Waals surface area contributed by atoms with Crippen molar-refractivity contribution in [2.45, 2.75) is 117 Å². The van der Waals surface area contributed by atoms with Crippen molar-refractivity contribution >= 4 is 0 Å². The highest BCUT2D eigenvalue weighted by Gasteiger charge is 2.67. The summed E-state index contributed by atoms with van der Waals surface area (Å²) in [6.07, 6.45) is 8.88. The first-order valence-electron chi connectivity index (χ1n) is 13.2. The SMILES string of the molecule is C=C(CC[C@@H](C)[C@H]1CC[C@@H]2[C@@H]3C[C@@H](O)[C@@]4(O)C[C@@H](O)CC[C@]4(C)[C@@H]3CC[C@@]21C)C(C)C. The second kappa shape index (κ2) is 8.13. The monoisotopic (exact) mass is 432 g/mol. The van der Waals surface area contributed by atoms with Crippen molar-refractivity contribution in [3.05, 3.63) is 12.2 Å². The van der Waals surface area contributed by atoms with Gasteiger partial charge in [0.2, 0.25) is 0 Å². The predicted octanol–water partition coefficient (Wildman–Crippen LogP) is 5.72. The van der Waals surface area contributed by atoms with Crippen LogP contribution in [0.25, 0.3) is 0 Å². The van der Waals surface area contributed by atoms with E-state index < -0.39 is 17.8 Å². The fourth-order valence-electron chi connectivity index (χ4n) is 9.14. The molecule has 0 unspecified atom stereocenters. The lowest BCUT2D eigenvalue weighted by atomic mass is 9.42. The number of allylic oxidation sites excluding steroid dienone is 1. The average molecular weight is 433 g/mol.